The third-order valence-corrected chi connectivity index (χ3v) is 4.20. The molecule has 7 nitrogen and oxygen atoms in total. The second-order valence-corrected chi connectivity index (χ2v) is 6.21. The second-order valence-electron chi connectivity index (χ2n) is 5.77. The first-order valence-electron chi connectivity index (χ1n) is 8.06. The van der Waals surface area contributed by atoms with E-state index >= 15 is 0 Å². The molecule has 1 aromatic heterocycles. The van der Waals surface area contributed by atoms with E-state index in [2.05, 4.69) is 25.8 Å². The SMILES string of the molecule is O=C(NCc1cccc(Cl)c1)c1cn(CCN2CCNCC2)nn1. The van der Waals surface area contributed by atoms with Gasteiger partial charge < -0.3 is 10.6 Å². The highest BCUT2D eigenvalue weighted by Crippen LogP contribution is 2.10. The van der Waals surface area contributed by atoms with Crippen LogP contribution < -0.4 is 10.6 Å². The molecule has 1 saturated heterocycles. The van der Waals surface area contributed by atoms with Crippen LogP contribution in [0.4, 0.5) is 0 Å². The molecular formula is C16H21ClN6O. The molecule has 0 spiro atoms. The summed E-state index contributed by atoms with van der Waals surface area (Å²) in [5, 5.41) is 14.8. The summed E-state index contributed by atoms with van der Waals surface area (Å²) in [6.45, 7) is 6.18. The molecule has 8 heteroatoms. The predicted molar refractivity (Wildman–Crippen MR) is 92.0 cm³/mol. The zero-order valence-corrected chi connectivity index (χ0v) is 14.2. The maximum Gasteiger partial charge on any atom is 0.273 e. The van der Waals surface area contributed by atoms with E-state index in [9.17, 15) is 4.79 Å². The van der Waals surface area contributed by atoms with E-state index in [1.807, 2.05) is 18.2 Å². The van der Waals surface area contributed by atoms with Gasteiger partial charge in [-0.25, -0.2) is 0 Å². The number of carbonyl (C=O) groups is 1. The summed E-state index contributed by atoms with van der Waals surface area (Å²) in [4.78, 5) is 14.5. The molecule has 128 valence electrons. The molecule has 1 amide bonds. The number of carbonyl (C=O) groups excluding carboxylic acids is 1. The lowest BCUT2D eigenvalue weighted by Gasteiger charge is -2.26. The number of nitrogens with one attached hydrogen (secondary N) is 2. The topological polar surface area (TPSA) is 75.1 Å². The Morgan fingerprint density at radius 3 is 2.92 bits per heavy atom. The van der Waals surface area contributed by atoms with Crippen LogP contribution in [0, 0.1) is 0 Å². The van der Waals surface area contributed by atoms with Crippen molar-refractivity contribution in [3.63, 3.8) is 0 Å². The van der Waals surface area contributed by atoms with Crippen LogP contribution >= 0.6 is 11.6 Å². The fourth-order valence-electron chi connectivity index (χ4n) is 2.61. The number of rotatable bonds is 6. The molecule has 0 atom stereocenters. The lowest BCUT2D eigenvalue weighted by Crippen LogP contribution is -2.44. The van der Waals surface area contributed by atoms with Crippen molar-refractivity contribution in [2.45, 2.75) is 13.1 Å². The third-order valence-electron chi connectivity index (χ3n) is 3.97. The molecular weight excluding hydrogens is 328 g/mol. The van der Waals surface area contributed by atoms with E-state index < -0.39 is 0 Å². The third kappa shape index (κ3) is 4.77. The fourth-order valence-corrected chi connectivity index (χ4v) is 2.82. The molecule has 1 aliphatic rings. The van der Waals surface area contributed by atoms with Gasteiger partial charge >= 0.3 is 0 Å². The van der Waals surface area contributed by atoms with Crippen LogP contribution in [0.2, 0.25) is 5.02 Å². The Bertz CT molecular complexity index is 683. The molecule has 0 aliphatic carbocycles. The maximum absolute atomic E-state index is 12.1. The van der Waals surface area contributed by atoms with Crippen LogP contribution in [0.5, 0.6) is 0 Å². The van der Waals surface area contributed by atoms with Crippen molar-refractivity contribution in [3.8, 4) is 0 Å². The Morgan fingerprint density at radius 2 is 2.12 bits per heavy atom. The van der Waals surface area contributed by atoms with Crippen molar-refractivity contribution in [1.82, 2.24) is 30.5 Å². The van der Waals surface area contributed by atoms with Gasteiger partial charge in [0.2, 0.25) is 0 Å². The van der Waals surface area contributed by atoms with Gasteiger partial charge in [0.15, 0.2) is 5.69 Å². The van der Waals surface area contributed by atoms with Crippen molar-refractivity contribution in [3.05, 3.63) is 46.7 Å². The summed E-state index contributed by atoms with van der Waals surface area (Å²) in [7, 11) is 0. The van der Waals surface area contributed by atoms with Crippen LogP contribution in [-0.2, 0) is 13.1 Å². The van der Waals surface area contributed by atoms with Gasteiger partial charge in [0.25, 0.3) is 5.91 Å². The van der Waals surface area contributed by atoms with Crippen molar-refractivity contribution in [1.29, 1.82) is 0 Å². The molecule has 0 unspecified atom stereocenters. The van der Waals surface area contributed by atoms with E-state index in [0.717, 1.165) is 44.8 Å². The van der Waals surface area contributed by atoms with Crippen molar-refractivity contribution in [2.24, 2.45) is 0 Å². The van der Waals surface area contributed by atoms with Crippen LogP contribution in [0.1, 0.15) is 16.1 Å². The number of benzene rings is 1. The Kier molecular flexibility index (Phi) is 5.79. The molecule has 0 radical (unpaired) electrons. The van der Waals surface area contributed by atoms with Gasteiger partial charge in [0, 0.05) is 44.3 Å². The first kappa shape index (κ1) is 16.9. The zero-order valence-electron chi connectivity index (χ0n) is 13.4. The van der Waals surface area contributed by atoms with Gasteiger partial charge in [-0.05, 0) is 17.7 Å². The number of hydrogen-bond acceptors (Lipinski definition) is 5. The fraction of sp³-hybridized carbons (Fsp3) is 0.438. The lowest BCUT2D eigenvalue weighted by molar-refractivity contribution is 0.0946. The molecule has 1 fully saturated rings. The summed E-state index contributed by atoms with van der Waals surface area (Å²) >= 11 is 5.93. The number of nitrogens with zero attached hydrogens (tertiary/aromatic N) is 4. The van der Waals surface area contributed by atoms with E-state index in [4.69, 9.17) is 11.6 Å². The van der Waals surface area contributed by atoms with Gasteiger partial charge in [-0.2, -0.15) is 0 Å². The van der Waals surface area contributed by atoms with Gasteiger partial charge in [-0.15, -0.1) is 5.10 Å². The summed E-state index contributed by atoms with van der Waals surface area (Å²) in [5.41, 5.74) is 1.28. The molecule has 0 saturated carbocycles. The average molecular weight is 349 g/mol. The van der Waals surface area contributed by atoms with E-state index in [1.54, 1.807) is 16.9 Å². The highest BCUT2D eigenvalue weighted by atomic mass is 35.5. The van der Waals surface area contributed by atoms with Crippen LogP contribution in [-0.4, -0.2) is 58.5 Å². The monoisotopic (exact) mass is 348 g/mol. The maximum atomic E-state index is 12.1. The standard InChI is InChI=1S/C16H21ClN6O/c17-14-3-1-2-13(10-14)11-19-16(24)15-12-23(21-20-15)9-8-22-6-4-18-5-7-22/h1-3,10,12,18H,4-9,11H2,(H,19,24). The molecule has 1 aromatic carbocycles. The van der Waals surface area contributed by atoms with Crippen molar-refractivity contribution in [2.75, 3.05) is 32.7 Å². The van der Waals surface area contributed by atoms with Gasteiger partial charge in [-0.3, -0.25) is 14.4 Å². The first-order valence-corrected chi connectivity index (χ1v) is 8.44. The van der Waals surface area contributed by atoms with Gasteiger partial charge in [-0.1, -0.05) is 28.9 Å². The minimum Gasteiger partial charge on any atom is -0.347 e. The average Bonchev–Trinajstić information content (AvgIpc) is 3.08. The van der Waals surface area contributed by atoms with E-state index in [0.29, 0.717) is 17.3 Å². The number of amides is 1. The van der Waals surface area contributed by atoms with Crippen molar-refractivity contribution < 1.29 is 4.79 Å². The van der Waals surface area contributed by atoms with E-state index in [1.165, 1.54) is 0 Å². The Labute approximate surface area is 146 Å². The summed E-state index contributed by atoms with van der Waals surface area (Å²) < 4.78 is 1.72. The normalized spacial score (nSPS) is 15.4. The molecule has 2 aromatic rings. The highest BCUT2D eigenvalue weighted by Gasteiger charge is 2.12. The quantitative estimate of drug-likeness (QED) is 0.806. The minimum atomic E-state index is -0.233. The second kappa shape index (κ2) is 8.23. The number of piperazine rings is 1. The molecule has 24 heavy (non-hydrogen) atoms. The smallest absolute Gasteiger partial charge is 0.273 e. The van der Waals surface area contributed by atoms with Crippen molar-refractivity contribution >= 4 is 17.5 Å². The number of halogens is 1. The largest absolute Gasteiger partial charge is 0.347 e. The Balaban J connectivity index is 1.48. The number of aromatic nitrogens is 3. The Morgan fingerprint density at radius 1 is 1.29 bits per heavy atom. The molecule has 1 aliphatic heterocycles. The number of hydrogen-bond donors (Lipinski definition) is 2. The minimum absolute atomic E-state index is 0.233. The molecule has 3 rings (SSSR count). The molecule has 2 heterocycles. The van der Waals surface area contributed by atoms with Gasteiger partial charge in [0.1, 0.15) is 0 Å². The summed E-state index contributed by atoms with van der Waals surface area (Å²) in [5.74, 6) is -0.233. The Hall–Kier alpha value is -1.96. The van der Waals surface area contributed by atoms with E-state index in [-0.39, 0.29) is 5.91 Å². The van der Waals surface area contributed by atoms with Gasteiger partial charge in [0.05, 0.1) is 12.7 Å². The van der Waals surface area contributed by atoms with Crippen LogP contribution in [0.25, 0.3) is 0 Å². The van der Waals surface area contributed by atoms with Crippen LogP contribution in [0.3, 0.4) is 0 Å². The summed E-state index contributed by atoms with van der Waals surface area (Å²) in [6, 6.07) is 7.40. The predicted octanol–water partition coefficient (Wildman–Crippen LogP) is 0.767. The lowest BCUT2D eigenvalue weighted by atomic mass is 10.2. The molecule has 2 N–H and O–H groups in total. The zero-order chi connectivity index (χ0) is 16.8. The van der Waals surface area contributed by atoms with Crippen LogP contribution in [0.15, 0.2) is 30.5 Å². The summed E-state index contributed by atoms with van der Waals surface area (Å²) in [6.07, 6.45) is 1.69. The highest BCUT2D eigenvalue weighted by molar-refractivity contribution is 6.30. The molecule has 0 bridgehead atoms. The first-order chi connectivity index (χ1) is 11.7.